The van der Waals surface area contributed by atoms with E-state index in [2.05, 4.69) is 4.72 Å². The second-order valence-corrected chi connectivity index (χ2v) is 12.5. The Bertz CT molecular complexity index is 973. The van der Waals surface area contributed by atoms with E-state index in [0.717, 1.165) is 25.4 Å². The van der Waals surface area contributed by atoms with Crippen LogP contribution in [0.1, 0.15) is 48.9 Å². The van der Waals surface area contributed by atoms with Crippen molar-refractivity contribution in [1.29, 1.82) is 0 Å². The maximum absolute atomic E-state index is 12.9. The van der Waals surface area contributed by atoms with Gasteiger partial charge in [-0.1, -0.05) is 19.3 Å². The smallest absolute Gasteiger partial charge is 0.253 e. The Hall–Kier alpha value is -1.45. The maximum Gasteiger partial charge on any atom is 0.253 e. The molecule has 2 saturated heterocycles. The van der Waals surface area contributed by atoms with Crippen LogP contribution in [0.15, 0.2) is 29.2 Å². The number of carbonyl (C=O) groups excluding carboxylic acids is 1. The Labute approximate surface area is 172 Å². The first-order chi connectivity index (χ1) is 13.7. The Balaban J connectivity index is 1.41. The Kier molecular flexibility index (Phi) is 5.74. The highest BCUT2D eigenvalue weighted by molar-refractivity contribution is 7.92. The molecule has 9 heteroatoms. The van der Waals surface area contributed by atoms with Gasteiger partial charge in [0.1, 0.15) is 0 Å². The van der Waals surface area contributed by atoms with Crippen molar-refractivity contribution in [3.05, 3.63) is 29.8 Å². The predicted octanol–water partition coefficient (Wildman–Crippen LogP) is 1.80. The Morgan fingerprint density at radius 3 is 2.34 bits per heavy atom. The molecular weight excluding hydrogens is 412 g/mol. The van der Waals surface area contributed by atoms with Gasteiger partial charge >= 0.3 is 0 Å². The lowest BCUT2D eigenvalue weighted by Gasteiger charge is -2.41. The molecule has 160 valence electrons. The van der Waals surface area contributed by atoms with Crippen LogP contribution in [0.2, 0.25) is 0 Å². The van der Waals surface area contributed by atoms with E-state index in [1.807, 2.05) is 4.90 Å². The highest BCUT2D eigenvalue weighted by atomic mass is 32.2. The third-order valence-electron chi connectivity index (χ3n) is 6.54. The van der Waals surface area contributed by atoms with Crippen molar-refractivity contribution >= 4 is 25.8 Å². The lowest BCUT2D eigenvalue weighted by Crippen LogP contribution is -2.44. The van der Waals surface area contributed by atoms with Crippen LogP contribution < -0.4 is 4.72 Å². The number of rotatable bonds is 4. The minimum atomic E-state index is -3.82. The number of sulfonamides is 1. The molecule has 0 aromatic heterocycles. The average Bonchev–Trinajstić information content (AvgIpc) is 3.04. The van der Waals surface area contributed by atoms with Crippen molar-refractivity contribution in [3.63, 3.8) is 0 Å². The first kappa shape index (κ1) is 20.8. The zero-order valence-electron chi connectivity index (χ0n) is 16.4. The van der Waals surface area contributed by atoms with Gasteiger partial charge in [0.05, 0.1) is 16.4 Å². The zero-order valence-corrected chi connectivity index (χ0v) is 18.1. The molecule has 3 unspecified atom stereocenters. The summed E-state index contributed by atoms with van der Waals surface area (Å²) in [7, 11) is -6.98. The van der Waals surface area contributed by atoms with E-state index < -0.39 is 25.9 Å². The molecular formula is C20H28N2O5S2. The fourth-order valence-electron chi connectivity index (χ4n) is 4.92. The molecule has 1 saturated carbocycles. The van der Waals surface area contributed by atoms with E-state index in [1.165, 1.54) is 37.8 Å². The van der Waals surface area contributed by atoms with E-state index >= 15 is 0 Å². The fourth-order valence-corrected chi connectivity index (χ4v) is 7.97. The molecule has 4 rings (SSSR count). The van der Waals surface area contributed by atoms with Crippen LogP contribution in [0.25, 0.3) is 0 Å². The summed E-state index contributed by atoms with van der Waals surface area (Å²) in [4.78, 5) is 14.8. The second kappa shape index (κ2) is 8.00. The van der Waals surface area contributed by atoms with Gasteiger partial charge in [0.2, 0.25) is 10.0 Å². The summed E-state index contributed by atoms with van der Waals surface area (Å²) >= 11 is 0. The molecule has 3 aliphatic rings. The molecule has 0 radical (unpaired) electrons. The monoisotopic (exact) mass is 440 g/mol. The lowest BCUT2D eigenvalue weighted by molar-refractivity contribution is 0.0521. The Morgan fingerprint density at radius 2 is 1.69 bits per heavy atom. The summed E-state index contributed by atoms with van der Waals surface area (Å²) in [6, 6.07) is 5.35. The molecule has 29 heavy (non-hydrogen) atoms. The SMILES string of the molecule is O=C(c1ccc(S(=O)(=O)NC2CCS(=O)(=O)C2)cc1)N1CCC2CCCCC2C1. The molecule has 1 aromatic rings. The molecule has 0 spiro atoms. The number of likely N-dealkylation sites (tertiary alicyclic amines) is 1. The van der Waals surface area contributed by atoms with Crippen molar-refractivity contribution in [1.82, 2.24) is 9.62 Å². The van der Waals surface area contributed by atoms with Crippen molar-refractivity contribution < 1.29 is 21.6 Å². The predicted molar refractivity (Wildman–Crippen MR) is 110 cm³/mol. The molecule has 7 nitrogen and oxygen atoms in total. The number of sulfone groups is 1. The highest BCUT2D eigenvalue weighted by Gasteiger charge is 2.34. The number of amides is 1. The van der Waals surface area contributed by atoms with Crippen molar-refractivity contribution in [2.24, 2.45) is 11.8 Å². The summed E-state index contributed by atoms with van der Waals surface area (Å²) in [6.45, 7) is 1.55. The van der Waals surface area contributed by atoms with Gasteiger partial charge in [-0.25, -0.2) is 21.6 Å². The fraction of sp³-hybridized carbons (Fsp3) is 0.650. The summed E-state index contributed by atoms with van der Waals surface area (Å²) in [6.07, 6.45) is 6.34. The number of hydrogen-bond donors (Lipinski definition) is 1. The van der Waals surface area contributed by atoms with Gasteiger partial charge in [0.15, 0.2) is 9.84 Å². The van der Waals surface area contributed by atoms with Crippen molar-refractivity contribution in [3.8, 4) is 0 Å². The van der Waals surface area contributed by atoms with Gasteiger partial charge in [-0.05, 0) is 55.4 Å². The molecule has 1 aromatic carbocycles. The third-order valence-corrected chi connectivity index (χ3v) is 9.85. The van der Waals surface area contributed by atoms with E-state index in [-0.39, 0.29) is 28.7 Å². The number of nitrogens with one attached hydrogen (secondary N) is 1. The summed E-state index contributed by atoms with van der Waals surface area (Å²) in [5.41, 5.74) is 0.488. The molecule has 3 fully saturated rings. The van der Waals surface area contributed by atoms with E-state index in [1.54, 1.807) is 12.1 Å². The van der Waals surface area contributed by atoms with Crippen molar-refractivity contribution in [2.45, 2.75) is 49.5 Å². The summed E-state index contributed by atoms with van der Waals surface area (Å²) in [5, 5.41) is 0. The number of piperidine rings is 1. The molecule has 2 aliphatic heterocycles. The number of fused-ring (bicyclic) bond motifs is 1. The normalized spacial score (nSPS) is 29.4. The average molecular weight is 441 g/mol. The topological polar surface area (TPSA) is 101 Å². The molecule has 0 bridgehead atoms. The van der Waals surface area contributed by atoms with Crippen LogP contribution in [0.3, 0.4) is 0 Å². The van der Waals surface area contributed by atoms with Gasteiger partial charge in [-0.2, -0.15) is 0 Å². The van der Waals surface area contributed by atoms with Gasteiger partial charge in [-0.15, -0.1) is 0 Å². The summed E-state index contributed by atoms with van der Waals surface area (Å²) in [5.74, 6) is 1.12. The Morgan fingerprint density at radius 1 is 1.00 bits per heavy atom. The molecule has 3 atom stereocenters. The first-order valence-corrected chi connectivity index (χ1v) is 13.7. The van der Waals surface area contributed by atoms with Gasteiger partial charge in [-0.3, -0.25) is 4.79 Å². The van der Waals surface area contributed by atoms with Crippen LogP contribution in [0, 0.1) is 11.8 Å². The lowest BCUT2D eigenvalue weighted by atomic mass is 9.75. The quantitative estimate of drug-likeness (QED) is 0.769. The van der Waals surface area contributed by atoms with Crippen LogP contribution >= 0.6 is 0 Å². The van der Waals surface area contributed by atoms with Crippen molar-refractivity contribution in [2.75, 3.05) is 24.6 Å². The first-order valence-electron chi connectivity index (χ1n) is 10.4. The van der Waals surface area contributed by atoms with Crippen LogP contribution in [-0.4, -0.2) is 58.3 Å². The second-order valence-electron chi connectivity index (χ2n) is 8.59. The number of benzene rings is 1. The minimum absolute atomic E-state index is 0.00527. The van der Waals surface area contributed by atoms with Crippen LogP contribution in [-0.2, 0) is 19.9 Å². The van der Waals surface area contributed by atoms with E-state index in [4.69, 9.17) is 0 Å². The highest BCUT2D eigenvalue weighted by Crippen LogP contribution is 2.36. The minimum Gasteiger partial charge on any atom is -0.338 e. The van der Waals surface area contributed by atoms with E-state index in [9.17, 15) is 21.6 Å². The largest absolute Gasteiger partial charge is 0.338 e. The van der Waals surface area contributed by atoms with Gasteiger partial charge in [0.25, 0.3) is 5.91 Å². The molecule has 2 heterocycles. The number of nitrogens with zero attached hydrogens (tertiary/aromatic N) is 1. The maximum atomic E-state index is 12.9. The van der Waals surface area contributed by atoms with Crippen LogP contribution in [0.4, 0.5) is 0 Å². The summed E-state index contributed by atoms with van der Waals surface area (Å²) < 4.78 is 50.6. The van der Waals surface area contributed by atoms with Gasteiger partial charge < -0.3 is 4.90 Å². The number of hydrogen-bond acceptors (Lipinski definition) is 5. The van der Waals surface area contributed by atoms with Crippen LogP contribution in [0.5, 0.6) is 0 Å². The van der Waals surface area contributed by atoms with Gasteiger partial charge in [0, 0.05) is 24.7 Å². The standard InChI is InChI=1S/C20H28N2O5S2/c23-20(22-11-9-15-3-1-2-4-17(15)13-22)16-5-7-19(8-6-16)29(26,27)21-18-10-12-28(24,25)14-18/h5-8,15,17-18,21H,1-4,9-14H2. The number of carbonyl (C=O) groups is 1. The third kappa shape index (κ3) is 4.67. The molecule has 1 N–H and O–H groups in total. The molecule has 1 aliphatic carbocycles. The van der Waals surface area contributed by atoms with E-state index in [0.29, 0.717) is 11.5 Å². The zero-order chi connectivity index (χ0) is 20.6. The molecule has 1 amide bonds.